The lowest BCUT2D eigenvalue weighted by molar-refractivity contribution is 0.454. The molecule has 4 nitrogen and oxygen atoms in total. The molecule has 0 bridgehead atoms. The summed E-state index contributed by atoms with van der Waals surface area (Å²) in [6.07, 6.45) is 0. The van der Waals surface area contributed by atoms with Gasteiger partial charge < -0.3 is 10.1 Å². The van der Waals surface area contributed by atoms with E-state index in [1.54, 1.807) is 6.07 Å². The zero-order valence-corrected chi connectivity index (χ0v) is 13.7. The summed E-state index contributed by atoms with van der Waals surface area (Å²) >= 11 is 3.44. The largest absolute Gasteiger partial charge is 0.439 e. The molecule has 0 spiro atoms. The molecule has 0 radical (unpaired) electrons. The van der Waals surface area contributed by atoms with Gasteiger partial charge in [-0.15, -0.1) is 0 Å². The van der Waals surface area contributed by atoms with Crippen molar-refractivity contribution in [2.75, 3.05) is 12.4 Å². The Morgan fingerprint density at radius 1 is 1.20 bits per heavy atom. The Morgan fingerprint density at radius 2 is 1.95 bits per heavy atom. The fourth-order valence-corrected chi connectivity index (χ4v) is 2.20. The van der Waals surface area contributed by atoms with E-state index < -0.39 is 0 Å². The van der Waals surface area contributed by atoms with Gasteiger partial charge in [-0.1, -0.05) is 29.8 Å². The van der Waals surface area contributed by atoms with E-state index in [0.717, 1.165) is 27.4 Å². The molecule has 1 N–H and O–H groups in total. The molecule has 1 heterocycles. The van der Waals surface area contributed by atoms with Gasteiger partial charge in [0.25, 0.3) is 0 Å². The molecule has 5 heteroatoms. The molecule has 2 aromatic rings. The van der Waals surface area contributed by atoms with Gasteiger partial charge in [0, 0.05) is 23.5 Å². The Bertz CT molecular complexity index is 614. The van der Waals surface area contributed by atoms with Gasteiger partial charge in [-0.05, 0) is 30.7 Å². The first-order valence-corrected chi connectivity index (χ1v) is 7.29. The molecular formula is C15H18BrN3O. The summed E-state index contributed by atoms with van der Waals surface area (Å²) in [7, 11) is 1.83. The minimum absolute atomic E-state index is 0.247. The fraction of sp³-hybridized carbons (Fsp3) is 0.333. The maximum Gasteiger partial charge on any atom is 0.224 e. The van der Waals surface area contributed by atoms with Crippen molar-refractivity contribution in [1.82, 2.24) is 9.97 Å². The minimum Gasteiger partial charge on any atom is -0.439 e. The monoisotopic (exact) mass is 335 g/mol. The molecule has 0 aliphatic carbocycles. The molecule has 106 valence electrons. The van der Waals surface area contributed by atoms with Crippen molar-refractivity contribution in [1.29, 1.82) is 0 Å². The van der Waals surface area contributed by atoms with E-state index in [4.69, 9.17) is 4.74 Å². The number of nitrogens with zero attached hydrogens (tertiary/aromatic N) is 2. The standard InChI is InChI=1S/C15H18BrN3O/c1-9(2)15-18-13(17-4)8-14(19-15)20-12-6-5-11(16)7-10(12)3/h5-9H,1-4H3,(H,17,18,19). The Hall–Kier alpha value is -1.62. The molecule has 0 atom stereocenters. The van der Waals surface area contributed by atoms with Crippen LogP contribution in [0.4, 0.5) is 5.82 Å². The van der Waals surface area contributed by atoms with Crippen LogP contribution in [0, 0.1) is 6.92 Å². The van der Waals surface area contributed by atoms with Gasteiger partial charge in [-0.3, -0.25) is 0 Å². The molecular weight excluding hydrogens is 318 g/mol. The average Bonchev–Trinajstić information content (AvgIpc) is 2.41. The van der Waals surface area contributed by atoms with Gasteiger partial charge in [0.1, 0.15) is 17.4 Å². The minimum atomic E-state index is 0.247. The number of aryl methyl sites for hydroxylation is 1. The highest BCUT2D eigenvalue weighted by Crippen LogP contribution is 2.28. The lowest BCUT2D eigenvalue weighted by Gasteiger charge is -2.12. The Labute approximate surface area is 127 Å². The first kappa shape index (κ1) is 14.8. The van der Waals surface area contributed by atoms with Crippen molar-refractivity contribution >= 4 is 21.7 Å². The second kappa shape index (κ2) is 6.22. The number of aromatic nitrogens is 2. The number of hydrogen-bond acceptors (Lipinski definition) is 4. The third kappa shape index (κ3) is 3.48. The number of rotatable bonds is 4. The average molecular weight is 336 g/mol. The van der Waals surface area contributed by atoms with Crippen LogP contribution in [0.1, 0.15) is 31.2 Å². The van der Waals surface area contributed by atoms with E-state index in [9.17, 15) is 0 Å². The van der Waals surface area contributed by atoms with Crippen molar-refractivity contribution < 1.29 is 4.74 Å². The molecule has 0 unspecified atom stereocenters. The van der Waals surface area contributed by atoms with Gasteiger partial charge in [-0.2, -0.15) is 4.98 Å². The second-order valence-corrected chi connectivity index (χ2v) is 5.78. The van der Waals surface area contributed by atoms with E-state index in [1.165, 1.54) is 0 Å². The van der Waals surface area contributed by atoms with Crippen LogP contribution in [0.5, 0.6) is 11.6 Å². The molecule has 0 aliphatic rings. The quantitative estimate of drug-likeness (QED) is 0.893. The molecule has 0 saturated heterocycles. The van der Waals surface area contributed by atoms with Crippen LogP contribution in [-0.4, -0.2) is 17.0 Å². The van der Waals surface area contributed by atoms with Gasteiger partial charge >= 0.3 is 0 Å². The summed E-state index contributed by atoms with van der Waals surface area (Å²) in [5.41, 5.74) is 1.05. The van der Waals surface area contributed by atoms with Crippen LogP contribution in [0.15, 0.2) is 28.7 Å². The predicted molar refractivity (Wildman–Crippen MR) is 84.6 cm³/mol. The zero-order valence-electron chi connectivity index (χ0n) is 12.1. The summed E-state index contributed by atoms with van der Waals surface area (Å²) in [6.45, 7) is 6.12. The van der Waals surface area contributed by atoms with E-state index in [-0.39, 0.29) is 5.92 Å². The Balaban J connectivity index is 2.34. The van der Waals surface area contributed by atoms with E-state index in [1.807, 2.05) is 32.2 Å². The normalized spacial score (nSPS) is 10.7. The summed E-state index contributed by atoms with van der Waals surface area (Å²) in [6, 6.07) is 7.69. The highest BCUT2D eigenvalue weighted by molar-refractivity contribution is 9.10. The number of ether oxygens (including phenoxy) is 1. The highest BCUT2D eigenvalue weighted by atomic mass is 79.9. The van der Waals surface area contributed by atoms with Crippen LogP contribution in [0.25, 0.3) is 0 Å². The number of anilines is 1. The highest BCUT2D eigenvalue weighted by Gasteiger charge is 2.10. The summed E-state index contributed by atoms with van der Waals surface area (Å²) in [4.78, 5) is 8.87. The summed E-state index contributed by atoms with van der Waals surface area (Å²) in [5.74, 6) is 3.12. The van der Waals surface area contributed by atoms with Crippen molar-refractivity contribution in [3.63, 3.8) is 0 Å². The van der Waals surface area contributed by atoms with Crippen molar-refractivity contribution in [2.24, 2.45) is 0 Å². The molecule has 0 amide bonds. The fourth-order valence-electron chi connectivity index (χ4n) is 1.72. The number of halogens is 1. The van der Waals surface area contributed by atoms with Gasteiger partial charge in [0.15, 0.2) is 0 Å². The van der Waals surface area contributed by atoms with Crippen molar-refractivity contribution in [2.45, 2.75) is 26.7 Å². The topological polar surface area (TPSA) is 47.0 Å². The first-order valence-electron chi connectivity index (χ1n) is 6.50. The maximum absolute atomic E-state index is 5.89. The van der Waals surface area contributed by atoms with Crippen LogP contribution >= 0.6 is 15.9 Å². The first-order chi connectivity index (χ1) is 9.49. The van der Waals surface area contributed by atoms with E-state index in [2.05, 4.69) is 45.1 Å². The predicted octanol–water partition coefficient (Wildman–Crippen LogP) is 4.50. The van der Waals surface area contributed by atoms with E-state index >= 15 is 0 Å². The molecule has 0 fully saturated rings. The van der Waals surface area contributed by atoms with Crippen LogP contribution in [0.2, 0.25) is 0 Å². The Morgan fingerprint density at radius 3 is 2.55 bits per heavy atom. The maximum atomic E-state index is 5.89. The molecule has 0 aliphatic heterocycles. The molecule has 1 aromatic heterocycles. The van der Waals surface area contributed by atoms with Crippen LogP contribution in [-0.2, 0) is 0 Å². The molecule has 1 aromatic carbocycles. The van der Waals surface area contributed by atoms with Crippen LogP contribution in [0.3, 0.4) is 0 Å². The van der Waals surface area contributed by atoms with Crippen molar-refractivity contribution in [3.05, 3.63) is 40.1 Å². The molecule has 2 rings (SSSR count). The van der Waals surface area contributed by atoms with Gasteiger partial charge in [0.2, 0.25) is 5.88 Å². The molecule has 0 saturated carbocycles. The SMILES string of the molecule is CNc1cc(Oc2ccc(Br)cc2C)nc(C(C)C)n1. The van der Waals surface area contributed by atoms with Gasteiger partial charge in [0.05, 0.1) is 0 Å². The van der Waals surface area contributed by atoms with Gasteiger partial charge in [-0.25, -0.2) is 4.98 Å². The lowest BCUT2D eigenvalue weighted by Crippen LogP contribution is -2.03. The number of hydrogen-bond donors (Lipinski definition) is 1. The number of benzene rings is 1. The third-order valence-electron chi connectivity index (χ3n) is 2.84. The Kier molecular flexibility index (Phi) is 4.60. The van der Waals surface area contributed by atoms with Crippen LogP contribution < -0.4 is 10.1 Å². The second-order valence-electron chi connectivity index (χ2n) is 4.87. The van der Waals surface area contributed by atoms with Crippen molar-refractivity contribution in [3.8, 4) is 11.6 Å². The zero-order chi connectivity index (χ0) is 14.7. The lowest BCUT2D eigenvalue weighted by atomic mass is 10.2. The summed E-state index contributed by atoms with van der Waals surface area (Å²) < 4.78 is 6.92. The molecule has 20 heavy (non-hydrogen) atoms. The summed E-state index contributed by atoms with van der Waals surface area (Å²) in [5, 5.41) is 3.03. The number of nitrogens with one attached hydrogen (secondary N) is 1. The third-order valence-corrected chi connectivity index (χ3v) is 3.34. The van der Waals surface area contributed by atoms with E-state index in [0.29, 0.717) is 5.88 Å². The smallest absolute Gasteiger partial charge is 0.224 e.